The number of thiazole rings is 1. The average Bonchev–Trinajstić information content (AvgIpc) is 2.79. The number of hydrogen-bond acceptors (Lipinski definition) is 5. The Labute approximate surface area is 101 Å². The standard InChI is InChI=1S/C11H21N3OS/c1-3-14(4-2)8-10(15)5-12-6-11-7-13-9-16-11/h7,9-10,12,15H,3-6,8H2,1-2H3. The van der Waals surface area contributed by atoms with Crippen molar-refractivity contribution in [3.05, 3.63) is 16.6 Å². The maximum absolute atomic E-state index is 9.79. The number of aliphatic hydroxyl groups excluding tert-OH is 1. The van der Waals surface area contributed by atoms with E-state index >= 15 is 0 Å². The first-order valence-electron chi connectivity index (χ1n) is 5.74. The van der Waals surface area contributed by atoms with Gasteiger partial charge in [-0.25, -0.2) is 0 Å². The largest absolute Gasteiger partial charge is 0.390 e. The van der Waals surface area contributed by atoms with Crippen LogP contribution in [0.15, 0.2) is 11.7 Å². The highest BCUT2D eigenvalue weighted by atomic mass is 32.1. The number of rotatable bonds is 8. The van der Waals surface area contributed by atoms with Gasteiger partial charge in [-0.05, 0) is 13.1 Å². The second kappa shape index (κ2) is 7.73. The normalized spacial score (nSPS) is 13.2. The molecule has 16 heavy (non-hydrogen) atoms. The van der Waals surface area contributed by atoms with Crippen LogP contribution in [0.2, 0.25) is 0 Å². The summed E-state index contributed by atoms with van der Waals surface area (Å²) in [6.45, 7) is 8.36. The molecule has 1 aromatic heterocycles. The second-order valence-electron chi connectivity index (χ2n) is 3.74. The van der Waals surface area contributed by atoms with Crippen LogP contribution in [0.5, 0.6) is 0 Å². The van der Waals surface area contributed by atoms with E-state index in [0.717, 1.165) is 26.2 Å². The summed E-state index contributed by atoms with van der Waals surface area (Å²) in [7, 11) is 0. The third-order valence-electron chi connectivity index (χ3n) is 2.53. The molecule has 1 rings (SSSR count). The Kier molecular flexibility index (Phi) is 6.56. The van der Waals surface area contributed by atoms with Crippen molar-refractivity contribution in [1.29, 1.82) is 0 Å². The van der Waals surface area contributed by atoms with E-state index in [4.69, 9.17) is 0 Å². The molecule has 5 heteroatoms. The first kappa shape index (κ1) is 13.6. The fraction of sp³-hybridized carbons (Fsp3) is 0.727. The average molecular weight is 243 g/mol. The maximum atomic E-state index is 9.79. The Bertz CT molecular complexity index is 262. The van der Waals surface area contributed by atoms with Crippen molar-refractivity contribution < 1.29 is 5.11 Å². The summed E-state index contributed by atoms with van der Waals surface area (Å²) in [5.74, 6) is 0. The zero-order valence-electron chi connectivity index (χ0n) is 10.0. The van der Waals surface area contributed by atoms with Gasteiger partial charge in [0, 0.05) is 30.7 Å². The van der Waals surface area contributed by atoms with Crippen molar-refractivity contribution in [2.24, 2.45) is 0 Å². The lowest BCUT2D eigenvalue weighted by molar-refractivity contribution is 0.116. The topological polar surface area (TPSA) is 48.4 Å². The molecule has 2 N–H and O–H groups in total. The van der Waals surface area contributed by atoms with Gasteiger partial charge in [-0.1, -0.05) is 13.8 Å². The number of likely N-dealkylation sites (N-methyl/N-ethyl adjacent to an activating group) is 1. The predicted octanol–water partition coefficient (Wildman–Crippen LogP) is 0.935. The number of hydrogen-bond donors (Lipinski definition) is 2. The Balaban J connectivity index is 2.12. The monoisotopic (exact) mass is 243 g/mol. The van der Waals surface area contributed by atoms with Gasteiger partial charge in [0.25, 0.3) is 0 Å². The van der Waals surface area contributed by atoms with Gasteiger partial charge in [-0.2, -0.15) is 0 Å². The molecule has 0 fully saturated rings. The van der Waals surface area contributed by atoms with E-state index in [-0.39, 0.29) is 6.10 Å². The van der Waals surface area contributed by atoms with E-state index < -0.39 is 0 Å². The molecule has 0 aliphatic rings. The predicted molar refractivity (Wildman–Crippen MR) is 67.6 cm³/mol. The molecule has 0 aromatic carbocycles. The smallest absolute Gasteiger partial charge is 0.0794 e. The van der Waals surface area contributed by atoms with Crippen molar-refractivity contribution in [2.45, 2.75) is 26.5 Å². The molecule has 1 unspecified atom stereocenters. The van der Waals surface area contributed by atoms with Crippen LogP contribution in [0, 0.1) is 0 Å². The van der Waals surface area contributed by atoms with E-state index in [1.165, 1.54) is 4.88 Å². The van der Waals surface area contributed by atoms with Gasteiger partial charge in [0.05, 0.1) is 11.6 Å². The number of nitrogens with one attached hydrogen (secondary N) is 1. The third-order valence-corrected chi connectivity index (χ3v) is 3.31. The molecular weight excluding hydrogens is 222 g/mol. The van der Waals surface area contributed by atoms with Gasteiger partial charge in [0.1, 0.15) is 0 Å². The highest BCUT2D eigenvalue weighted by Gasteiger charge is 2.08. The van der Waals surface area contributed by atoms with Gasteiger partial charge >= 0.3 is 0 Å². The Morgan fingerprint density at radius 3 is 2.81 bits per heavy atom. The molecule has 1 aromatic rings. The van der Waals surface area contributed by atoms with Crippen LogP contribution in [0.4, 0.5) is 0 Å². The highest BCUT2D eigenvalue weighted by molar-refractivity contribution is 7.09. The molecular formula is C11H21N3OS. The highest BCUT2D eigenvalue weighted by Crippen LogP contribution is 2.04. The quantitative estimate of drug-likeness (QED) is 0.713. The van der Waals surface area contributed by atoms with E-state index in [1.54, 1.807) is 11.3 Å². The molecule has 0 radical (unpaired) electrons. The molecule has 0 saturated heterocycles. The van der Waals surface area contributed by atoms with E-state index in [9.17, 15) is 5.11 Å². The third kappa shape index (κ3) is 5.03. The van der Waals surface area contributed by atoms with Gasteiger partial charge in [0.15, 0.2) is 0 Å². The van der Waals surface area contributed by atoms with Crippen LogP contribution < -0.4 is 5.32 Å². The molecule has 0 amide bonds. The lowest BCUT2D eigenvalue weighted by atomic mass is 10.3. The van der Waals surface area contributed by atoms with Crippen molar-refractivity contribution in [1.82, 2.24) is 15.2 Å². The molecule has 1 atom stereocenters. The van der Waals surface area contributed by atoms with Crippen molar-refractivity contribution in [3.63, 3.8) is 0 Å². The Hall–Kier alpha value is -0.490. The Morgan fingerprint density at radius 1 is 1.50 bits per heavy atom. The summed E-state index contributed by atoms with van der Waals surface area (Å²) < 4.78 is 0. The lowest BCUT2D eigenvalue weighted by Gasteiger charge is -2.21. The van der Waals surface area contributed by atoms with Crippen LogP contribution in [0.1, 0.15) is 18.7 Å². The zero-order chi connectivity index (χ0) is 11.8. The van der Waals surface area contributed by atoms with Crippen LogP contribution in [0.3, 0.4) is 0 Å². The van der Waals surface area contributed by atoms with Gasteiger partial charge < -0.3 is 15.3 Å². The number of aliphatic hydroxyl groups is 1. The fourth-order valence-corrected chi connectivity index (χ4v) is 2.10. The second-order valence-corrected chi connectivity index (χ2v) is 4.71. The molecule has 0 aliphatic carbocycles. The first-order valence-corrected chi connectivity index (χ1v) is 6.62. The summed E-state index contributed by atoms with van der Waals surface area (Å²) in [6.07, 6.45) is 1.56. The van der Waals surface area contributed by atoms with Crippen LogP contribution in [-0.2, 0) is 6.54 Å². The minimum atomic E-state index is -0.298. The van der Waals surface area contributed by atoms with Gasteiger partial charge in [-0.3, -0.25) is 4.98 Å². The van der Waals surface area contributed by atoms with Gasteiger partial charge in [-0.15, -0.1) is 11.3 Å². The van der Waals surface area contributed by atoms with Crippen LogP contribution in [-0.4, -0.2) is 47.3 Å². The molecule has 0 spiro atoms. The van der Waals surface area contributed by atoms with Crippen molar-refractivity contribution in [3.8, 4) is 0 Å². The minimum absolute atomic E-state index is 0.298. The first-order chi connectivity index (χ1) is 7.76. The number of nitrogens with zero attached hydrogens (tertiary/aromatic N) is 2. The lowest BCUT2D eigenvalue weighted by Crippen LogP contribution is -2.38. The molecule has 0 saturated carbocycles. The molecule has 0 bridgehead atoms. The molecule has 0 aliphatic heterocycles. The minimum Gasteiger partial charge on any atom is -0.390 e. The Morgan fingerprint density at radius 2 is 2.25 bits per heavy atom. The molecule has 1 heterocycles. The van der Waals surface area contributed by atoms with Crippen molar-refractivity contribution in [2.75, 3.05) is 26.2 Å². The summed E-state index contributed by atoms with van der Waals surface area (Å²) in [6, 6.07) is 0. The summed E-state index contributed by atoms with van der Waals surface area (Å²) in [5, 5.41) is 13.0. The van der Waals surface area contributed by atoms with Crippen LogP contribution in [0.25, 0.3) is 0 Å². The number of aromatic nitrogens is 1. The fourth-order valence-electron chi connectivity index (χ4n) is 1.54. The maximum Gasteiger partial charge on any atom is 0.0794 e. The van der Waals surface area contributed by atoms with Crippen LogP contribution >= 0.6 is 11.3 Å². The molecule has 4 nitrogen and oxygen atoms in total. The van der Waals surface area contributed by atoms with Crippen molar-refractivity contribution >= 4 is 11.3 Å². The van der Waals surface area contributed by atoms with Gasteiger partial charge in [0.2, 0.25) is 0 Å². The summed E-state index contributed by atoms with van der Waals surface area (Å²) in [5.41, 5.74) is 1.82. The van der Waals surface area contributed by atoms with E-state index in [2.05, 4.69) is 29.0 Å². The van der Waals surface area contributed by atoms with E-state index in [0.29, 0.717) is 6.54 Å². The SMILES string of the molecule is CCN(CC)CC(O)CNCc1cncs1. The summed E-state index contributed by atoms with van der Waals surface area (Å²) in [4.78, 5) is 7.43. The van der Waals surface area contributed by atoms with E-state index in [1.807, 2.05) is 11.7 Å². The zero-order valence-corrected chi connectivity index (χ0v) is 10.8. The molecule has 92 valence electrons. The summed E-state index contributed by atoms with van der Waals surface area (Å²) >= 11 is 1.63.